The molecule has 0 bridgehead atoms. The Bertz CT molecular complexity index is 1210. The maximum Gasteiger partial charge on any atom is 0.417 e. The Kier molecular flexibility index (Phi) is 6.82. The minimum atomic E-state index is -4.66. The predicted octanol–water partition coefficient (Wildman–Crippen LogP) is 6.53. The molecule has 2 N–H and O–H groups in total. The van der Waals surface area contributed by atoms with Crippen molar-refractivity contribution >= 4 is 29.2 Å². The van der Waals surface area contributed by atoms with E-state index in [-0.39, 0.29) is 11.5 Å². The summed E-state index contributed by atoms with van der Waals surface area (Å²) in [6.07, 6.45) is -4.66. The molecule has 172 valence electrons. The van der Waals surface area contributed by atoms with E-state index in [4.69, 9.17) is 16.3 Å². The molecule has 0 fully saturated rings. The summed E-state index contributed by atoms with van der Waals surface area (Å²) in [7, 11) is 0. The highest BCUT2D eigenvalue weighted by Crippen LogP contribution is 2.37. The summed E-state index contributed by atoms with van der Waals surface area (Å²) < 4.78 is 85.0. The van der Waals surface area contributed by atoms with Crippen molar-refractivity contribution in [3.8, 4) is 11.5 Å². The van der Waals surface area contributed by atoms with Crippen molar-refractivity contribution in [2.75, 3.05) is 5.32 Å². The lowest BCUT2D eigenvalue weighted by molar-refractivity contribution is -0.137. The molecule has 0 heterocycles. The lowest BCUT2D eigenvalue weighted by Crippen LogP contribution is -2.35. The van der Waals surface area contributed by atoms with Crippen molar-refractivity contribution in [2.45, 2.75) is 6.18 Å². The number of anilines is 1. The highest BCUT2D eigenvalue weighted by Gasteiger charge is 2.33. The predicted molar refractivity (Wildman–Crippen MR) is 106 cm³/mol. The smallest absolute Gasteiger partial charge is 0.417 e. The van der Waals surface area contributed by atoms with Crippen LogP contribution in [0.4, 0.5) is 36.8 Å². The van der Waals surface area contributed by atoms with Gasteiger partial charge >= 0.3 is 12.2 Å². The summed E-state index contributed by atoms with van der Waals surface area (Å²) >= 11 is 5.60. The number of amides is 3. The van der Waals surface area contributed by atoms with E-state index in [1.165, 1.54) is 6.07 Å². The van der Waals surface area contributed by atoms with Crippen molar-refractivity contribution in [3.05, 3.63) is 88.2 Å². The molecule has 0 aliphatic carbocycles. The van der Waals surface area contributed by atoms with E-state index >= 15 is 0 Å². The van der Waals surface area contributed by atoms with E-state index in [0.717, 1.165) is 42.5 Å². The maximum absolute atomic E-state index is 14.3. The van der Waals surface area contributed by atoms with Crippen LogP contribution in [0.15, 0.2) is 54.6 Å². The van der Waals surface area contributed by atoms with E-state index in [1.54, 1.807) is 5.32 Å². The summed E-state index contributed by atoms with van der Waals surface area (Å²) in [5, 5.41) is 3.02. The molecule has 5 nitrogen and oxygen atoms in total. The van der Waals surface area contributed by atoms with Gasteiger partial charge in [-0.2, -0.15) is 13.2 Å². The SMILES string of the molecule is O=C(NC(=O)c1c(F)cccc1F)Nc1ccc(Oc2ccc(C(F)(F)F)c(Cl)c2)cc1F. The number of alkyl halides is 3. The first-order valence-corrected chi connectivity index (χ1v) is 9.24. The molecule has 3 amide bonds. The van der Waals surface area contributed by atoms with Crippen LogP contribution in [-0.4, -0.2) is 11.9 Å². The Morgan fingerprint density at radius 1 is 0.848 bits per heavy atom. The zero-order valence-electron chi connectivity index (χ0n) is 16.1. The normalized spacial score (nSPS) is 11.1. The Morgan fingerprint density at radius 3 is 2.03 bits per heavy atom. The van der Waals surface area contributed by atoms with Crippen molar-refractivity contribution < 1.29 is 40.7 Å². The molecule has 12 heteroatoms. The Balaban J connectivity index is 1.68. The van der Waals surface area contributed by atoms with Crippen molar-refractivity contribution in [1.82, 2.24) is 5.32 Å². The third kappa shape index (κ3) is 5.75. The second-order valence-electron chi connectivity index (χ2n) is 6.39. The molecule has 0 saturated heterocycles. The lowest BCUT2D eigenvalue weighted by atomic mass is 10.2. The van der Waals surface area contributed by atoms with Crippen molar-refractivity contribution in [1.29, 1.82) is 0 Å². The van der Waals surface area contributed by atoms with Crippen LogP contribution >= 0.6 is 11.6 Å². The molecule has 0 aromatic heterocycles. The van der Waals surface area contributed by atoms with Gasteiger partial charge in [-0.1, -0.05) is 17.7 Å². The molecule has 0 radical (unpaired) electrons. The van der Waals surface area contributed by atoms with Gasteiger partial charge in [-0.05, 0) is 36.4 Å². The number of nitrogens with one attached hydrogen (secondary N) is 2. The Hall–Kier alpha value is -3.73. The second kappa shape index (κ2) is 9.41. The number of urea groups is 1. The summed E-state index contributed by atoms with van der Waals surface area (Å²) in [6, 6.07) is 6.98. The van der Waals surface area contributed by atoms with E-state index < -0.39 is 57.4 Å². The van der Waals surface area contributed by atoms with Gasteiger partial charge < -0.3 is 10.1 Å². The molecule has 0 atom stereocenters. The molecule has 3 aromatic carbocycles. The third-order valence-corrected chi connectivity index (χ3v) is 4.40. The highest BCUT2D eigenvalue weighted by molar-refractivity contribution is 6.31. The molecule has 0 aliphatic heterocycles. The first-order valence-electron chi connectivity index (χ1n) is 8.86. The Labute approximate surface area is 186 Å². The molecular formula is C21H11ClF6N2O3. The van der Waals surface area contributed by atoms with Crippen LogP contribution in [0, 0.1) is 17.5 Å². The lowest BCUT2D eigenvalue weighted by Gasteiger charge is -2.12. The third-order valence-electron chi connectivity index (χ3n) is 4.09. The largest absolute Gasteiger partial charge is 0.457 e. The minimum absolute atomic E-state index is 0.108. The molecule has 0 spiro atoms. The van der Waals surface area contributed by atoms with Crippen LogP contribution in [0.2, 0.25) is 5.02 Å². The van der Waals surface area contributed by atoms with Crippen molar-refractivity contribution in [3.63, 3.8) is 0 Å². The van der Waals surface area contributed by atoms with Gasteiger partial charge in [-0.25, -0.2) is 18.0 Å². The van der Waals surface area contributed by atoms with Gasteiger partial charge in [0.2, 0.25) is 0 Å². The first-order chi connectivity index (χ1) is 15.5. The first kappa shape index (κ1) is 23.9. The molecule has 33 heavy (non-hydrogen) atoms. The van der Waals surface area contributed by atoms with E-state index in [1.807, 2.05) is 5.32 Å². The standard InChI is InChI=1S/C21H11ClF6N2O3/c22-13-8-10(4-6-12(13)21(26,27)28)33-11-5-7-17(16(25)9-11)29-20(32)30-19(31)18-14(23)2-1-3-15(18)24/h1-9H,(H2,29,30,31,32). The van der Waals surface area contributed by atoms with Crippen LogP contribution in [0.3, 0.4) is 0 Å². The molecule has 3 aromatic rings. The zero-order valence-corrected chi connectivity index (χ0v) is 16.8. The fourth-order valence-electron chi connectivity index (χ4n) is 2.62. The summed E-state index contributed by atoms with van der Waals surface area (Å²) in [5.74, 6) is -5.07. The summed E-state index contributed by atoms with van der Waals surface area (Å²) in [6.45, 7) is 0. The van der Waals surface area contributed by atoms with Gasteiger partial charge in [0.1, 0.15) is 34.5 Å². The van der Waals surface area contributed by atoms with Crippen LogP contribution in [0.25, 0.3) is 0 Å². The van der Waals surface area contributed by atoms with Crippen molar-refractivity contribution in [2.24, 2.45) is 0 Å². The monoisotopic (exact) mass is 488 g/mol. The van der Waals surface area contributed by atoms with Gasteiger partial charge in [0.25, 0.3) is 5.91 Å². The van der Waals surface area contributed by atoms with Gasteiger partial charge in [0.05, 0.1) is 16.3 Å². The van der Waals surface area contributed by atoms with Crippen LogP contribution in [-0.2, 0) is 6.18 Å². The molecule has 0 saturated carbocycles. The number of carbonyl (C=O) groups excluding carboxylic acids is 2. The number of hydrogen-bond donors (Lipinski definition) is 2. The maximum atomic E-state index is 14.3. The number of ether oxygens (including phenoxy) is 1. The zero-order chi connectivity index (χ0) is 24.3. The number of halogens is 7. The fourth-order valence-corrected chi connectivity index (χ4v) is 2.90. The molecular weight excluding hydrogens is 478 g/mol. The molecule has 3 rings (SSSR count). The topological polar surface area (TPSA) is 67.4 Å². The minimum Gasteiger partial charge on any atom is -0.457 e. The van der Waals surface area contributed by atoms with E-state index in [2.05, 4.69) is 0 Å². The second-order valence-corrected chi connectivity index (χ2v) is 6.80. The quantitative estimate of drug-likeness (QED) is 0.410. The molecule has 0 aliphatic rings. The average molecular weight is 489 g/mol. The van der Waals surface area contributed by atoms with E-state index in [9.17, 15) is 35.9 Å². The van der Waals surface area contributed by atoms with E-state index in [0.29, 0.717) is 6.07 Å². The summed E-state index contributed by atoms with van der Waals surface area (Å²) in [4.78, 5) is 23.8. The van der Waals surface area contributed by atoms with Gasteiger partial charge in [-0.3, -0.25) is 10.1 Å². The number of hydrogen-bond acceptors (Lipinski definition) is 3. The molecule has 0 unspecified atom stereocenters. The Morgan fingerprint density at radius 2 is 1.45 bits per heavy atom. The van der Waals surface area contributed by atoms with Crippen LogP contribution < -0.4 is 15.4 Å². The average Bonchev–Trinajstić information content (AvgIpc) is 2.69. The number of benzene rings is 3. The number of rotatable bonds is 4. The van der Waals surface area contributed by atoms with Gasteiger partial charge in [0.15, 0.2) is 0 Å². The number of carbonyl (C=O) groups is 2. The fraction of sp³-hybridized carbons (Fsp3) is 0.0476. The highest BCUT2D eigenvalue weighted by atomic mass is 35.5. The number of imide groups is 1. The summed E-state index contributed by atoms with van der Waals surface area (Å²) in [5.41, 5.74) is -2.49. The van der Waals surface area contributed by atoms with Crippen LogP contribution in [0.5, 0.6) is 11.5 Å². The van der Waals surface area contributed by atoms with Gasteiger partial charge in [-0.15, -0.1) is 0 Å². The van der Waals surface area contributed by atoms with Gasteiger partial charge in [0, 0.05) is 12.1 Å². The van der Waals surface area contributed by atoms with Crippen LogP contribution in [0.1, 0.15) is 15.9 Å².